The van der Waals surface area contributed by atoms with E-state index in [2.05, 4.69) is 31.3 Å². The summed E-state index contributed by atoms with van der Waals surface area (Å²) in [5, 5.41) is 3.48. The lowest BCUT2D eigenvalue weighted by Gasteiger charge is -2.07. The van der Waals surface area contributed by atoms with Gasteiger partial charge in [0.2, 0.25) is 0 Å². The topological polar surface area (TPSA) is 38.0 Å². The molecule has 1 aromatic rings. The zero-order chi connectivity index (χ0) is 11.5. The molecule has 1 aliphatic carbocycles. The Labute approximate surface area is 98.2 Å². The molecule has 0 saturated heterocycles. The summed E-state index contributed by atoms with van der Waals surface area (Å²) in [5.41, 5.74) is 8.01. The van der Waals surface area contributed by atoms with Gasteiger partial charge in [-0.2, -0.15) is 0 Å². The Morgan fingerprint density at radius 1 is 1.31 bits per heavy atom. The van der Waals surface area contributed by atoms with Gasteiger partial charge in [0.05, 0.1) is 0 Å². The van der Waals surface area contributed by atoms with Gasteiger partial charge in [-0.25, -0.2) is 0 Å². The van der Waals surface area contributed by atoms with Crippen molar-refractivity contribution >= 4 is 5.69 Å². The first-order valence-electron chi connectivity index (χ1n) is 6.25. The van der Waals surface area contributed by atoms with Crippen molar-refractivity contribution in [2.45, 2.75) is 38.6 Å². The number of nitrogen functional groups attached to an aromatic ring is 1. The van der Waals surface area contributed by atoms with E-state index in [0.29, 0.717) is 6.04 Å². The number of nitrogens with one attached hydrogen (secondary N) is 1. The molecule has 2 atom stereocenters. The molecule has 3 N–H and O–H groups in total. The molecule has 88 valence electrons. The van der Waals surface area contributed by atoms with Crippen molar-refractivity contribution in [3.8, 4) is 0 Å². The van der Waals surface area contributed by atoms with E-state index >= 15 is 0 Å². The zero-order valence-electron chi connectivity index (χ0n) is 10.2. The Morgan fingerprint density at radius 3 is 2.62 bits per heavy atom. The molecule has 16 heavy (non-hydrogen) atoms. The average Bonchev–Trinajstić information content (AvgIpc) is 2.98. The van der Waals surface area contributed by atoms with E-state index in [1.165, 1.54) is 18.4 Å². The van der Waals surface area contributed by atoms with Crippen LogP contribution in [0.15, 0.2) is 24.3 Å². The summed E-state index contributed by atoms with van der Waals surface area (Å²) in [7, 11) is 0. The maximum absolute atomic E-state index is 5.69. The fourth-order valence-corrected chi connectivity index (χ4v) is 2.28. The molecule has 1 unspecified atom stereocenters. The van der Waals surface area contributed by atoms with E-state index in [1.54, 1.807) is 0 Å². The molecule has 0 heterocycles. The molecule has 2 nitrogen and oxygen atoms in total. The van der Waals surface area contributed by atoms with Crippen LogP contribution < -0.4 is 11.1 Å². The van der Waals surface area contributed by atoms with Crippen LogP contribution in [0, 0.1) is 5.92 Å². The quantitative estimate of drug-likeness (QED) is 0.746. The summed E-state index contributed by atoms with van der Waals surface area (Å²) in [4.78, 5) is 0. The minimum absolute atomic E-state index is 0.605. The van der Waals surface area contributed by atoms with Crippen molar-refractivity contribution in [3.05, 3.63) is 29.8 Å². The van der Waals surface area contributed by atoms with Gasteiger partial charge in [-0.05, 0) is 48.9 Å². The van der Waals surface area contributed by atoms with Gasteiger partial charge in [0.1, 0.15) is 0 Å². The number of hydrogen-bond donors (Lipinski definition) is 2. The fraction of sp³-hybridized carbons (Fsp3) is 0.571. The lowest BCUT2D eigenvalue weighted by Crippen LogP contribution is -2.23. The third kappa shape index (κ3) is 2.99. The molecule has 0 aromatic heterocycles. The number of nitrogens with two attached hydrogens (primary N) is 1. The highest BCUT2D eigenvalue weighted by Gasteiger charge is 2.37. The number of rotatable bonds is 5. The van der Waals surface area contributed by atoms with Gasteiger partial charge in [0, 0.05) is 11.7 Å². The lowest BCUT2D eigenvalue weighted by atomic mass is 10.1. The minimum Gasteiger partial charge on any atom is -0.399 e. The molecule has 0 aliphatic heterocycles. The van der Waals surface area contributed by atoms with Crippen molar-refractivity contribution in [2.24, 2.45) is 5.92 Å². The Hall–Kier alpha value is -1.02. The molecule has 1 saturated carbocycles. The summed E-state index contributed by atoms with van der Waals surface area (Å²) in [6, 6.07) is 8.98. The highest BCUT2D eigenvalue weighted by Crippen LogP contribution is 2.49. The fourth-order valence-electron chi connectivity index (χ4n) is 2.28. The van der Waals surface area contributed by atoms with Crippen LogP contribution in [-0.4, -0.2) is 12.6 Å². The smallest absolute Gasteiger partial charge is 0.0314 e. The van der Waals surface area contributed by atoms with Crippen LogP contribution in [-0.2, 0) is 0 Å². The lowest BCUT2D eigenvalue weighted by molar-refractivity contribution is 0.546. The molecular weight excluding hydrogens is 196 g/mol. The Kier molecular flexibility index (Phi) is 3.49. The second-order valence-electron chi connectivity index (χ2n) is 5.17. The number of benzene rings is 1. The van der Waals surface area contributed by atoms with E-state index in [0.717, 1.165) is 24.1 Å². The Morgan fingerprint density at radius 2 is 2.00 bits per heavy atom. The van der Waals surface area contributed by atoms with E-state index in [4.69, 9.17) is 5.73 Å². The Bertz CT molecular complexity index is 329. The van der Waals surface area contributed by atoms with Crippen LogP contribution in [0.1, 0.15) is 38.2 Å². The third-order valence-corrected chi connectivity index (χ3v) is 3.35. The summed E-state index contributed by atoms with van der Waals surface area (Å²) in [6.07, 6.45) is 2.65. The van der Waals surface area contributed by atoms with Crippen molar-refractivity contribution in [1.29, 1.82) is 0 Å². The maximum atomic E-state index is 5.69. The first-order valence-corrected chi connectivity index (χ1v) is 6.25. The van der Waals surface area contributed by atoms with Crippen LogP contribution in [0.3, 0.4) is 0 Å². The largest absolute Gasteiger partial charge is 0.399 e. The number of anilines is 1. The standard InChI is InChI=1S/C14H22N2/c1-10(2)16-8-7-12-9-14(12)11-3-5-13(15)6-4-11/h3-6,10,12,14,16H,7-9,15H2,1-2H3/t12?,14-/m1/s1. The molecule has 0 bridgehead atoms. The molecular formula is C14H22N2. The molecule has 1 aromatic carbocycles. The second kappa shape index (κ2) is 4.88. The molecule has 2 rings (SSSR count). The summed E-state index contributed by atoms with van der Waals surface area (Å²) >= 11 is 0. The van der Waals surface area contributed by atoms with Crippen LogP contribution in [0.5, 0.6) is 0 Å². The molecule has 0 spiro atoms. The first kappa shape index (κ1) is 11.5. The molecule has 0 radical (unpaired) electrons. The minimum atomic E-state index is 0.605. The highest BCUT2D eigenvalue weighted by atomic mass is 14.9. The SMILES string of the molecule is CC(C)NCCC1C[C@@H]1c1ccc(N)cc1. The number of hydrogen-bond acceptors (Lipinski definition) is 2. The van der Waals surface area contributed by atoms with Gasteiger partial charge in [0.15, 0.2) is 0 Å². The van der Waals surface area contributed by atoms with Gasteiger partial charge >= 0.3 is 0 Å². The Balaban J connectivity index is 1.76. The third-order valence-electron chi connectivity index (χ3n) is 3.35. The van der Waals surface area contributed by atoms with Gasteiger partial charge in [-0.3, -0.25) is 0 Å². The first-order chi connectivity index (χ1) is 7.66. The van der Waals surface area contributed by atoms with E-state index in [1.807, 2.05) is 12.1 Å². The molecule has 0 amide bonds. The van der Waals surface area contributed by atoms with Gasteiger partial charge in [-0.1, -0.05) is 26.0 Å². The summed E-state index contributed by atoms with van der Waals surface area (Å²) in [6.45, 7) is 5.54. The van der Waals surface area contributed by atoms with E-state index in [9.17, 15) is 0 Å². The van der Waals surface area contributed by atoms with Gasteiger partial charge < -0.3 is 11.1 Å². The molecule has 1 fully saturated rings. The van der Waals surface area contributed by atoms with Crippen molar-refractivity contribution < 1.29 is 0 Å². The van der Waals surface area contributed by atoms with Gasteiger partial charge in [-0.15, -0.1) is 0 Å². The second-order valence-corrected chi connectivity index (χ2v) is 5.17. The predicted octanol–water partition coefficient (Wildman–Crippen LogP) is 2.76. The van der Waals surface area contributed by atoms with Crippen molar-refractivity contribution in [1.82, 2.24) is 5.32 Å². The molecule has 1 aliphatic rings. The molecule has 2 heteroatoms. The van der Waals surface area contributed by atoms with E-state index in [-0.39, 0.29) is 0 Å². The summed E-state index contributed by atoms with van der Waals surface area (Å²) in [5.74, 6) is 1.67. The maximum Gasteiger partial charge on any atom is 0.0314 e. The van der Waals surface area contributed by atoms with E-state index < -0.39 is 0 Å². The average molecular weight is 218 g/mol. The van der Waals surface area contributed by atoms with Crippen molar-refractivity contribution in [3.63, 3.8) is 0 Å². The normalized spacial score (nSPS) is 23.7. The van der Waals surface area contributed by atoms with Crippen LogP contribution in [0.25, 0.3) is 0 Å². The predicted molar refractivity (Wildman–Crippen MR) is 69.5 cm³/mol. The van der Waals surface area contributed by atoms with Crippen LogP contribution in [0.2, 0.25) is 0 Å². The van der Waals surface area contributed by atoms with Crippen molar-refractivity contribution in [2.75, 3.05) is 12.3 Å². The van der Waals surface area contributed by atoms with Crippen LogP contribution in [0.4, 0.5) is 5.69 Å². The van der Waals surface area contributed by atoms with Crippen LogP contribution >= 0.6 is 0 Å². The van der Waals surface area contributed by atoms with Gasteiger partial charge in [0.25, 0.3) is 0 Å². The zero-order valence-corrected chi connectivity index (χ0v) is 10.2. The monoisotopic (exact) mass is 218 g/mol. The highest BCUT2D eigenvalue weighted by molar-refractivity contribution is 5.41. The summed E-state index contributed by atoms with van der Waals surface area (Å²) < 4.78 is 0.